The lowest BCUT2D eigenvalue weighted by atomic mass is 9.87. The van der Waals surface area contributed by atoms with Gasteiger partial charge in [-0.15, -0.1) is 0 Å². The van der Waals surface area contributed by atoms with Crippen molar-refractivity contribution >= 4 is 38.1 Å². The van der Waals surface area contributed by atoms with Gasteiger partial charge in [-0.3, -0.25) is 4.79 Å². The van der Waals surface area contributed by atoms with Crippen LogP contribution in [0.4, 0.5) is 0 Å². The zero-order chi connectivity index (χ0) is 33.4. The van der Waals surface area contributed by atoms with Crippen molar-refractivity contribution in [1.29, 1.82) is 0 Å². The highest BCUT2D eigenvalue weighted by molar-refractivity contribution is 6.16. The molecular formula is C49H32O. The average Bonchev–Trinajstić information content (AvgIpc) is 3.20. The van der Waals surface area contributed by atoms with E-state index in [1.807, 2.05) is 42.5 Å². The average molecular weight is 637 g/mol. The molecule has 1 nitrogen and oxygen atoms in total. The maximum atomic E-state index is 13.0. The van der Waals surface area contributed by atoms with Gasteiger partial charge in [-0.1, -0.05) is 164 Å². The monoisotopic (exact) mass is 636 g/mol. The maximum absolute atomic E-state index is 13.0. The second-order valence-corrected chi connectivity index (χ2v) is 12.9. The second-order valence-electron chi connectivity index (χ2n) is 12.9. The minimum atomic E-state index is 0.0357. The molecule has 0 saturated heterocycles. The van der Waals surface area contributed by atoms with Gasteiger partial charge in [-0.2, -0.15) is 0 Å². The van der Waals surface area contributed by atoms with E-state index in [0.29, 0.717) is 11.1 Å². The summed E-state index contributed by atoms with van der Waals surface area (Å²) in [5, 5.41) is 7.32. The Morgan fingerprint density at radius 1 is 0.280 bits per heavy atom. The molecule has 0 heterocycles. The largest absolute Gasteiger partial charge is 0.289 e. The van der Waals surface area contributed by atoms with Gasteiger partial charge >= 0.3 is 0 Å². The summed E-state index contributed by atoms with van der Waals surface area (Å²) in [5.74, 6) is 0.0357. The third kappa shape index (κ3) is 5.36. The molecule has 0 unspecified atom stereocenters. The number of hydrogen-bond donors (Lipinski definition) is 0. The van der Waals surface area contributed by atoms with Gasteiger partial charge in [0.1, 0.15) is 0 Å². The van der Waals surface area contributed by atoms with Crippen molar-refractivity contribution in [2.75, 3.05) is 0 Å². The van der Waals surface area contributed by atoms with E-state index in [1.165, 1.54) is 65.7 Å². The first kappa shape index (κ1) is 29.6. The van der Waals surface area contributed by atoms with E-state index in [1.54, 1.807) is 0 Å². The van der Waals surface area contributed by atoms with Gasteiger partial charge in [-0.25, -0.2) is 0 Å². The molecule has 1 heteroatoms. The van der Waals surface area contributed by atoms with Crippen LogP contribution in [0.2, 0.25) is 0 Å². The molecule has 0 N–H and O–H groups in total. The fourth-order valence-electron chi connectivity index (χ4n) is 7.27. The van der Waals surface area contributed by atoms with E-state index in [0.717, 1.165) is 11.1 Å². The first-order chi connectivity index (χ1) is 24.7. The summed E-state index contributed by atoms with van der Waals surface area (Å²) in [4.78, 5) is 13.0. The molecule has 0 aliphatic heterocycles. The molecule has 0 aliphatic rings. The second kappa shape index (κ2) is 12.5. The van der Waals surface area contributed by atoms with Crippen LogP contribution in [0.15, 0.2) is 194 Å². The van der Waals surface area contributed by atoms with Gasteiger partial charge in [-0.05, 0) is 107 Å². The third-order valence-corrected chi connectivity index (χ3v) is 9.83. The van der Waals surface area contributed by atoms with Crippen molar-refractivity contribution in [3.8, 4) is 44.5 Å². The van der Waals surface area contributed by atoms with E-state index < -0.39 is 0 Å². The Morgan fingerprint density at radius 2 is 0.760 bits per heavy atom. The summed E-state index contributed by atoms with van der Waals surface area (Å²) >= 11 is 0. The Hall–Kier alpha value is -6.57. The smallest absolute Gasteiger partial charge is 0.193 e. The molecule has 9 rings (SSSR count). The molecule has 50 heavy (non-hydrogen) atoms. The Kier molecular flexibility index (Phi) is 7.37. The van der Waals surface area contributed by atoms with E-state index in [9.17, 15) is 4.79 Å². The normalized spacial score (nSPS) is 11.3. The quantitative estimate of drug-likeness (QED) is 0.131. The number of rotatable bonds is 6. The molecular weight excluding hydrogens is 605 g/mol. The topological polar surface area (TPSA) is 17.1 Å². The van der Waals surface area contributed by atoms with Crippen molar-refractivity contribution < 1.29 is 4.79 Å². The number of fused-ring (bicyclic) bond motifs is 4. The van der Waals surface area contributed by atoms with Gasteiger partial charge in [0.25, 0.3) is 0 Å². The fourth-order valence-corrected chi connectivity index (χ4v) is 7.27. The van der Waals surface area contributed by atoms with E-state index in [2.05, 4.69) is 152 Å². The summed E-state index contributed by atoms with van der Waals surface area (Å²) in [7, 11) is 0. The number of hydrogen-bond acceptors (Lipinski definition) is 1. The molecule has 0 spiro atoms. The zero-order valence-electron chi connectivity index (χ0n) is 27.4. The van der Waals surface area contributed by atoms with Gasteiger partial charge in [0.15, 0.2) is 5.78 Å². The lowest BCUT2D eigenvalue weighted by Gasteiger charge is -2.16. The Morgan fingerprint density at radius 3 is 1.42 bits per heavy atom. The summed E-state index contributed by atoms with van der Waals surface area (Å²) in [6, 6.07) is 68.1. The molecule has 234 valence electrons. The minimum Gasteiger partial charge on any atom is -0.289 e. The molecule has 0 aromatic heterocycles. The molecule has 9 aromatic carbocycles. The molecule has 0 atom stereocenters. The van der Waals surface area contributed by atoms with Crippen LogP contribution in [0.5, 0.6) is 0 Å². The van der Waals surface area contributed by atoms with Crippen molar-refractivity contribution in [3.05, 3.63) is 205 Å². The van der Waals surface area contributed by atoms with Crippen LogP contribution < -0.4 is 0 Å². The summed E-state index contributed by atoms with van der Waals surface area (Å²) < 4.78 is 0. The highest BCUT2D eigenvalue weighted by Crippen LogP contribution is 2.41. The molecule has 0 saturated carbocycles. The third-order valence-electron chi connectivity index (χ3n) is 9.83. The molecule has 0 bridgehead atoms. The SMILES string of the molecule is O=C(c1ccccc1)c1ccc(-c2ccc3c(c2)cc(-c2ccccc2)c2cc(-c4cc5ccccc5cc4-c4ccccc4)ccc23)cc1. The van der Waals surface area contributed by atoms with Crippen LogP contribution >= 0.6 is 0 Å². The Labute approximate surface area is 291 Å². The first-order valence-electron chi connectivity index (χ1n) is 17.0. The van der Waals surface area contributed by atoms with Crippen LogP contribution in [-0.2, 0) is 0 Å². The van der Waals surface area contributed by atoms with E-state index >= 15 is 0 Å². The zero-order valence-corrected chi connectivity index (χ0v) is 27.4. The first-order valence-corrected chi connectivity index (χ1v) is 17.0. The van der Waals surface area contributed by atoms with Crippen molar-refractivity contribution in [2.45, 2.75) is 0 Å². The number of benzene rings is 9. The van der Waals surface area contributed by atoms with Crippen LogP contribution in [0, 0.1) is 0 Å². The summed E-state index contributed by atoms with van der Waals surface area (Å²) in [5.41, 5.74) is 10.8. The number of carbonyl (C=O) groups excluding carboxylic acids is 1. The van der Waals surface area contributed by atoms with Crippen LogP contribution in [0.1, 0.15) is 15.9 Å². The Balaban J connectivity index is 1.19. The lowest BCUT2D eigenvalue weighted by molar-refractivity contribution is 0.103. The van der Waals surface area contributed by atoms with Crippen molar-refractivity contribution in [1.82, 2.24) is 0 Å². The standard InChI is InChI=1S/C49H32O/c50-49(36-16-8-3-9-17-36)37-22-20-33(21-23-37)40-24-26-43-42(28-40)32-46(35-14-6-2-7-15-35)48-31-41(25-27-44(43)48)47-30-39-19-11-10-18-38(39)29-45(47)34-12-4-1-5-13-34/h1-32H. The summed E-state index contributed by atoms with van der Waals surface area (Å²) in [6.45, 7) is 0. The van der Waals surface area contributed by atoms with Crippen LogP contribution in [0.25, 0.3) is 76.8 Å². The lowest BCUT2D eigenvalue weighted by Crippen LogP contribution is -2.00. The highest BCUT2D eigenvalue weighted by atomic mass is 16.1. The van der Waals surface area contributed by atoms with Gasteiger partial charge in [0, 0.05) is 11.1 Å². The molecule has 9 aromatic rings. The molecule has 0 aliphatic carbocycles. The predicted molar refractivity (Wildman–Crippen MR) is 211 cm³/mol. The minimum absolute atomic E-state index is 0.0357. The van der Waals surface area contributed by atoms with Crippen LogP contribution in [-0.4, -0.2) is 5.78 Å². The summed E-state index contributed by atoms with van der Waals surface area (Å²) in [6.07, 6.45) is 0. The van der Waals surface area contributed by atoms with Gasteiger partial charge in [0.2, 0.25) is 0 Å². The maximum Gasteiger partial charge on any atom is 0.193 e. The van der Waals surface area contributed by atoms with Crippen molar-refractivity contribution in [3.63, 3.8) is 0 Å². The Bertz CT molecular complexity index is 2670. The number of ketones is 1. The predicted octanol–water partition coefficient (Wildman–Crippen LogP) is 13.0. The molecule has 0 amide bonds. The van der Waals surface area contributed by atoms with E-state index in [4.69, 9.17) is 0 Å². The number of carbonyl (C=O) groups is 1. The van der Waals surface area contributed by atoms with Gasteiger partial charge < -0.3 is 0 Å². The van der Waals surface area contributed by atoms with Gasteiger partial charge in [0.05, 0.1) is 0 Å². The van der Waals surface area contributed by atoms with E-state index in [-0.39, 0.29) is 5.78 Å². The van der Waals surface area contributed by atoms with Crippen LogP contribution in [0.3, 0.4) is 0 Å². The fraction of sp³-hybridized carbons (Fsp3) is 0. The van der Waals surface area contributed by atoms with Crippen molar-refractivity contribution in [2.24, 2.45) is 0 Å². The molecule has 0 radical (unpaired) electrons. The molecule has 0 fully saturated rings. The highest BCUT2D eigenvalue weighted by Gasteiger charge is 2.15.